The summed E-state index contributed by atoms with van der Waals surface area (Å²) in [5, 5.41) is 3.22. The molecule has 3 aromatic rings. The molecule has 1 amide bonds. The molecule has 0 heterocycles. The summed E-state index contributed by atoms with van der Waals surface area (Å²) < 4.78 is 5.20. The number of methoxy groups -OCH3 is 1. The number of nitrogens with one attached hydrogen (secondary N) is 1. The summed E-state index contributed by atoms with van der Waals surface area (Å²) in [7, 11) is 3.61. The average molecular weight is 389 g/mol. The Hall–Kier alpha value is -3.11. The number of hydrogen-bond acceptors (Lipinski definition) is 3. The van der Waals surface area contributed by atoms with E-state index in [1.54, 1.807) is 7.11 Å². The molecule has 3 rings (SSSR count). The van der Waals surface area contributed by atoms with Crippen molar-refractivity contribution in [1.29, 1.82) is 0 Å². The molecule has 0 unspecified atom stereocenters. The zero-order chi connectivity index (χ0) is 20.5. The molecule has 4 nitrogen and oxygen atoms in total. The molecule has 1 atom stereocenters. The van der Waals surface area contributed by atoms with Crippen LogP contribution in [0, 0.1) is 0 Å². The van der Waals surface area contributed by atoms with E-state index in [4.69, 9.17) is 4.74 Å². The van der Waals surface area contributed by atoms with E-state index in [0.29, 0.717) is 13.1 Å². The van der Waals surface area contributed by atoms with Gasteiger partial charge in [0.2, 0.25) is 5.91 Å². The van der Waals surface area contributed by atoms with E-state index in [-0.39, 0.29) is 11.9 Å². The summed E-state index contributed by atoms with van der Waals surface area (Å²) in [6.07, 6.45) is 0.763. The van der Waals surface area contributed by atoms with E-state index < -0.39 is 0 Å². The average Bonchev–Trinajstić information content (AvgIpc) is 2.75. The van der Waals surface area contributed by atoms with Crippen LogP contribution in [0.3, 0.4) is 0 Å². The van der Waals surface area contributed by atoms with Gasteiger partial charge in [0, 0.05) is 6.54 Å². The smallest absolute Gasteiger partial charge is 0.234 e. The molecule has 0 aliphatic rings. The maximum absolute atomic E-state index is 12.7. The second-order valence-corrected chi connectivity index (χ2v) is 7.24. The number of hydrogen-bond donors (Lipinski definition) is 1. The first-order chi connectivity index (χ1) is 14.1. The number of benzene rings is 3. The van der Waals surface area contributed by atoms with Gasteiger partial charge in [-0.2, -0.15) is 0 Å². The third-order valence-electron chi connectivity index (χ3n) is 4.84. The maximum atomic E-state index is 12.7. The number of ether oxygens (including phenoxy) is 1. The standard InChI is InChI=1S/C25H28N2O2/c1-27(18-21-13-15-23(29-2)16-14-21)19-25(28)26-24(22-11-7-4-8-12-22)17-20-9-5-3-6-10-20/h3-16,24H,17-19H2,1-2H3,(H,26,28)/t24-/m0/s1. The first-order valence-corrected chi connectivity index (χ1v) is 9.84. The number of amides is 1. The Kier molecular flexibility index (Phi) is 7.42. The number of likely N-dealkylation sites (N-methyl/N-ethyl adjacent to an activating group) is 1. The molecule has 0 radical (unpaired) electrons. The molecule has 0 aliphatic carbocycles. The van der Waals surface area contributed by atoms with E-state index in [1.165, 1.54) is 5.56 Å². The molecule has 0 aromatic heterocycles. The van der Waals surface area contributed by atoms with Crippen molar-refractivity contribution in [3.05, 3.63) is 102 Å². The first kappa shape index (κ1) is 20.6. The lowest BCUT2D eigenvalue weighted by molar-refractivity contribution is -0.122. The van der Waals surface area contributed by atoms with Crippen molar-refractivity contribution in [3.63, 3.8) is 0 Å². The molecule has 0 saturated heterocycles. The van der Waals surface area contributed by atoms with Gasteiger partial charge < -0.3 is 10.1 Å². The highest BCUT2D eigenvalue weighted by Gasteiger charge is 2.16. The fourth-order valence-corrected chi connectivity index (χ4v) is 3.37. The monoisotopic (exact) mass is 388 g/mol. The van der Waals surface area contributed by atoms with E-state index >= 15 is 0 Å². The summed E-state index contributed by atoms with van der Waals surface area (Å²) in [5.41, 5.74) is 3.46. The van der Waals surface area contributed by atoms with Crippen LogP contribution in [0.5, 0.6) is 5.75 Å². The quantitative estimate of drug-likeness (QED) is 0.597. The summed E-state index contributed by atoms with van der Waals surface area (Å²) >= 11 is 0. The van der Waals surface area contributed by atoms with Crippen molar-refractivity contribution in [3.8, 4) is 5.75 Å². The van der Waals surface area contributed by atoms with Gasteiger partial charge in [0.15, 0.2) is 0 Å². The van der Waals surface area contributed by atoms with Gasteiger partial charge >= 0.3 is 0 Å². The zero-order valence-electron chi connectivity index (χ0n) is 17.0. The third-order valence-corrected chi connectivity index (χ3v) is 4.84. The van der Waals surface area contributed by atoms with Gasteiger partial charge in [0.1, 0.15) is 5.75 Å². The van der Waals surface area contributed by atoms with Crippen LogP contribution < -0.4 is 10.1 Å². The van der Waals surface area contributed by atoms with Gasteiger partial charge in [0.05, 0.1) is 19.7 Å². The highest BCUT2D eigenvalue weighted by Crippen LogP contribution is 2.18. The van der Waals surface area contributed by atoms with Gasteiger partial charge in [-0.05, 0) is 42.3 Å². The minimum absolute atomic E-state index is 0.0193. The molecular formula is C25H28N2O2. The van der Waals surface area contributed by atoms with E-state index in [2.05, 4.69) is 29.6 Å². The molecule has 0 aliphatic heterocycles. The highest BCUT2D eigenvalue weighted by atomic mass is 16.5. The van der Waals surface area contributed by atoms with Crippen LogP contribution in [0.2, 0.25) is 0 Å². The van der Waals surface area contributed by atoms with E-state index in [9.17, 15) is 4.79 Å². The predicted molar refractivity (Wildman–Crippen MR) is 117 cm³/mol. The Bertz CT molecular complexity index is 880. The Morgan fingerprint density at radius 1 is 0.897 bits per heavy atom. The number of carbonyl (C=O) groups excluding carboxylic acids is 1. The van der Waals surface area contributed by atoms with Crippen molar-refractivity contribution < 1.29 is 9.53 Å². The second kappa shape index (κ2) is 10.4. The lowest BCUT2D eigenvalue weighted by Gasteiger charge is -2.22. The summed E-state index contributed by atoms with van der Waals surface area (Å²) in [6, 6.07) is 28.3. The SMILES string of the molecule is COc1ccc(CN(C)CC(=O)N[C@@H](Cc2ccccc2)c2ccccc2)cc1. The molecule has 150 valence electrons. The maximum Gasteiger partial charge on any atom is 0.234 e. The topological polar surface area (TPSA) is 41.6 Å². The normalized spacial score (nSPS) is 11.8. The van der Waals surface area contributed by atoms with Crippen LogP contribution >= 0.6 is 0 Å². The van der Waals surface area contributed by atoms with Crippen LogP contribution in [0.1, 0.15) is 22.7 Å². The van der Waals surface area contributed by atoms with Crippen molar-refractivity contribution in [1.82, 2.24) is 10.2 Å². The number of nitrogens with zero attached hydrogens (tertiary/aromatic N) is 1. The number of rotatable bonds is 9. The van der Waals surface area contributed by atoms with E-state index in [1.807, 2.05) is 72.6 Å². The Morgan fingerprint density at radius 2 is 1.52 bits per heavy atom. The van der Waals surface area contributed by atoms with Gasteiger partial charge in [-0.25, -0.2) is 0 Å². The van der Waals surface area contributed by atoms with Crippen LogP contribution in [-0.2, 0) is 17.8 Å². The molecule has 0 fully saturated rings. The van der Waals surface area contributed by atoms with Crippen LogP contribution in [0.15, 0.2) is 84.9 Å². The van der Waals surface area contributed by atoms with Crippen LogP contribution in [-0.4, -0.2) is 31.5 Å². The summed E-state index contributed by atoms with van der Waals surface area (Å²) in [5.74, 6) is 0.853. The van der Waals surface area contributed by atoms with Gasteiger partial charge in [-0.15, -0.1) is 0 Å². The van der Waals surface area contributed by atoms with E-state index in [0.717, 1.165) is 23.3 Å². The predicted octanol–water partition coefficient (Wildman–Crippen LogP) is 4.23. The van der Waals surface area contributed by atoms with Gasteiger partial charge in [-0.1, -0.05) is 72.8 Å². The first-order valence-electron chi connectivity index (χ1n) is 9.84. The van der Waals surface area contributed by atoms with Crippen LogP contribution in [0.25, 0.3) is 0 Å². The van der Waals surface area contributed by atoms with Crippen molar-refractivity contribution >= 4 is 5.91 Å². The number of carbonyl (C=O) groups is 1. The Balaban J connectivity index is 1.61. The molecule has 0 spiro atoms. The van der Waals surface area contributed by atoms with Crippen LogP contribution in [0.4, 0.5) is 0 Å². The van der Waals surface area contributed by atoms with Crippen molar-refractivity contribution in [2.75, 3.05) is 20.7 Å². The fourth-order valence-electron chi connectivity index (χ4n) is 3.37. The molecule has 1 N–H and O–H groups in total. The third kappa shape index (κ3) is 6.47. The largest absolute Gasteiger partial charge is 0.497 e. The molecule has 0 saturated carbocycles. The summed E-state index contributed by atoms with van der Waals surface area (Å²) in [4.78, 5) is 14.8. The van der Waals surface area contributed by atoms with Crippen molar-refractivity contribution in [2.24, 2.45) is 0 Å². The molecule has 4 heteroatoms. The van der Waals surface area contributed by atoms with Crippen molar-refractivity contribution in [2.45, 2.75) is 19.0 Å². The lowest BCUT2D eigenvalue weighted by Crippen LogP contribution is -2.37. The molecular weight excluding hydrogens is 360 g/mol. The summed E-state index contributed by atoms with van der Waals surface area (Å²) in [6.45, 7) is 1.04. The minimum Gasteiger partial charge on any atom is -0.497 e. The highest BCUT2D eigenvalue weighted by molar-refractivity contribution is 5.78. The molecule has 0 bridgehead atoms. The second-order valence-electron chi connectivity index (χ2n) is 7.24. The lowest BCUT2D eigenvalue weighted by atomic mass is 9.99. The molecule has 3 aromatic carbocycles. The minimum atomic E-state index is -0.0551. The zero-order valence-corrected chi connectivity index (χ0v) is 17.0. The Labute approximate surface area is 173 Å². The molecule has 29 heavy (non-hydrogen) atoms. The Morgan fingerprint density at radius 3 is 2.14 bits per heavy atom. The van der Waals surface area contributed by atoms with Gasteiger partial charge in [-0.3, -0.25) is 9.69 Å². The van der Waals surface area contributed by atoms with Gasteiger partial charge in [0.25, 0.3) is 0 Å². The fraction of sp³-hybridized carbons (Fsp3) is 0.240.